The van der Waals surface area contributed by atoms with Gasteiger partial charge >= 0.3 is 0 Å². The van der Waals surface area contributed by atoms with Gasteiger partial charge in [-0.05, 0) is 66.8 Å². The van der Waals surface area contributed by atoms with Crippen LogP contribution in [0.3, 0.4) is 0 Å². The van der Waals surface area contributed by atoms with Gasteiger partial charge in [-0.2, -0.15) is 0 Å². The Morgan fingerprint density at radius 2 is 2.33 bits per heavy atom. The molecule has 1 aliphatic rings. The Kier molecular flexibility index (Phi) is 5.67. The summed E-state index contributed by atoms with van der Waals surface area (Å²) in [7, 11) is 0. The average Bonchev–Trinajstić information content (AvgIpc) is 2.68. The highest BCUT2D eigenvalue weighted by molar-refractivity contribution is 9.10. The number of thiophene rings is 1. The summed E-state index contributed by atoms with van der Waals surface area (Å²) in [6.07, 6.45) is 5.14. The van der Waals surface area contributed by atoms with Gasteiger partial charge in [0.2, 0.25) is 0 Å². The van der Waals surface area contributed by atoms with Crippen LogP contribution in [-0.4, -0.2) is 24.5 Å². The van der Waals surface area contributed by atoms with Crippen LogP contribution in [0.2, 0.25) is 0 Å². The van der Waals surface area contributed by atoms with Crippen LogP contribution in [0.15, 0.2) is 15.9 Å². The van der Waals surface area contributed by atoms with Crippen LogP contribution in [0.25, 0.3) is 0 Å². The highest BCUT2D eigenvalue weighted by Gasteiger charge is 2.30. The molecule has 2 N–H and O–H groups in total. The van der Waals surface area contributed by atoms with Crippen LogP contribution in [0.1, 0.15) is 43.5 Å². The van der Waals surface area contributed by atoms with E-state index in [1.807, 2.05) is 11.3 Å². The highest BCUT2D eigenvalue weighted by Crippen LogP contribution is 2.38. The number of hydrogen-bond acceptors (Lipinski definition) is 3. The molecule has 0 aliphatic carbocycles. The Morgan fingerprint density at radius 3 is 2.94 bits per heavy atom. The largest absolute Gasteiger partial charge is 0.330 e. The molecular formula is C14H23BrN2S. The number of likely N-dealkylation sites (tertiary alicyclic amines) is 1. The van der Waals surface area contributed by atoms with E-state index in [1.165, 1.54) is 48.1 Å². The third kappa shape index (κ3) is 3.35. The van der Waals surface area contributed by atoms with E-state index in [9.17, 15) is 0 Å². The lowest BCUT2D eigenvalue weighted by molar-refractivity contribution is 0.161. The van der Waals surface area contributed by atoms with Crippen LogP contribution >= 0.6 is 27.3 Å². The normalized spacial score (nSPS) is 26.2. The molecule has 102 valence electrons. The van der Waals surface area contributed by atoms with E-state index in [0.29, 0.717) is 12.0 Å². The van der Waals surface area contributed by atoms with E-state index in [2.05, 4.69) is 39.2 Å². The maximum Gasteiger partial charge on any atom is 0.0482 e. The molecule has 2 atom stereocenters. The summed E-state index contributed by atoms with van der Waals surface area (Å²) in [6, 6.07) is 2.82. The van der Waals surface area contributed by atoms with E-state index < -0.39 is 0 Å². The van der Waals surface area contributed by atoms with Gasteiger partial charge in [0.1, 0.15) is 0 Å². The molecule has 18 heavy (non-hydrogen) atoms. The van der Waals surface area contributed by atoms with Crippen molar-refractivity contribution in [1.29, 1.82) is 0 Å². The molecular weight excluding hydrogens is 308 g/mol. The topological polar surface area (TPSA) is 29.3 Å². The Morgan fingerprint density at radius 1 is 1.50 bits per heavy atom. The van der Waals surface area contributed by atoms with Gasteiger partial charge < -0.3 is 5.73 Å². The van der Waals surface area contributed by atoms with E-state index in [4.69, 9.17) is 5.73 Å². The summed E-state index contributed by atoms with van der Waals surface area (Å²) < 4.78 is 1.21. The zero-order valence-electron chi connectivity index (χ0n) is 11.1. The fourth-order valence-electron chi connectivity index (χ4n) is 3.00. The van der Waals surface area contributed by atoms with Crippen molar-refractivity contribution in [3.8, 4) is 0 Å². The van der Waals surface area contributed by atoms with Gasteiger partial charge in [-0.1, -0.05) is 13.3 Å². The molecule has 2 heterocycles. The third-order valence-corrected chi connectivity index (χ3v) is 5.57. The Labute approximate surface area is 123 Å². The molecule has 0 bridgehead atoms. The molecule has 1 aliphatic heterocycles. The van der Waals surface area contributed by atoms with Gasteiger partial charge in [0.15, 0.2) is 0 Å². The lowest BCUT2D eigenvalue weighted by Gasteiger charge is -2.33. The summed E-state index contributed by atoms with van der Waals surface area (Å²) in [5, 5.41) is 2.19. The fourth-order valence-corrected chi connectivity index (χ4v) is 4.67. The van der Waals surface area contributed by atoms with Gasteiger partial charge in [0, 0.05) is 20.8 Å². The first-order valence-electron chi connectivity index (χ1n) is 6.94. The second-order valence-corrected chi connectivity index (χ2v) is 7.00. The molecule has 0 radical (unpaired) electrons. The second-order valence-electron chi connectivity index (χ2n) is 5.14. The summed E-state index contributed by atoms with van der Waals surface area (Å²) in [5.74, 6) is 0.615. The van der Waals surface area contributed by atoms with Crippen LogP contribution in [0, 0.1) is 5.92 Å². The van der Waals surface area contributed by atoms with Gasteiger partial charge in [-0.25, -0.2) is 0 Å². The molecule has 4 heteroatoms. The van der Waals surface area contributed by atoms with Crippen molar-refractivity contribution in [2.45, 2.75) is 38.6 Å². The first kappa shape index (κ1) is 14.5. The lowest BCUT2D eigenvalue weighted by Crippen LogP contribution is -2.35. The number of hydrogen-bond donors (Lipinski definition) is 1. The molecule has 1 aromatic rings. The Bertz CT molecular complexity index is 366. The minimum atomic E-state index is 0.536. The number of nitrogens with zero attached hydrogens (tertiary/aromatic N) is 1. The average molecular weight is 331 g/mol. The van der Waals surface area contributed by atoms with Crippen molar-refractivity contribution in [3.05, 3.63) is 20.8 Å². The van der Waals surface area contributed by atoms with Crippen molar-refractivity contribution in [2.75, 3.05) is 19.6 Å². The van der Waals surface area contributed by atoms with Crippen molar-refractivity contribution in [3.63, 3.8) is 0 Å². The molecule has 2 unspecified atom stereocenters. The van der Waals surface area contributed by atoms with E-state index >= 15 is 0 Å². The molecule has 0 amide bonds. The van der Waals surface area contributed by atoms with E-state index in [1.54, 1.807) is 0 Å². The standard InChI is InChI=1S/C14H23BrN2S/c1-2-6-17-7-4-3-5-11(9-16)14(17)13-8-12(15)10-18-13/h8,10-11,14H,2-7,9,16H2,1H3. The van der Waals surface area contributed by atoms with Crippen molar-refractivity contribution in [2.24, 2.45) is 11.7 Å². The molecule has 1 fully saturated rings. The van der Waals surface area contributed by atoms with Crippen LogP contribution < -0.4 is 5.73 Å². The van der Waals surface area contributed by atoms with Crippen molar-refractivity contribution >= 4 is 27.3 Å². The lowest BCUT2D eigenvalue weighted by atomic mass is 9.93. The smallest absolute Gasteiger partial charge is 0.0482 e. The summed E-state index contributed by atoms with van der Waals surface area (Å²) in [5.41, 5.74) is 6.03. The minimum absolute atomic E-state index is 0.536. The minimum Gasteiger partial charge on any atom is -0.330 e. The SMILES string of the molecule is CCCN1CCCCC(CN)C1c1cc(Br)cs1. The maximum atomic E-state index is 6.03. The molecule has 1 saturated heterocycles. The summed E-state index contributed by atoms with van der Waals surface area (Å²) >= 11 is 5.45. The number of halogens is 1. The molecule has 0 saturated carbocycles. The van der Waals surface area contributed by atoms with Crippen molar-refractivity contribution < 1.29 is 0 Å². The summed E-state index contributed by atoms with van der Waals surface area (Å²) in [6.45, 7) is 5.49. The first-order chi connectivity index (χ1) is 8.76. The number of rotatable bonds is 4. The predicted octanol–water partition coefficient (Wildman–Crippen LogP) is 4.02. The van der Waals surface area contributed by atoms with Crippen LogP contribution in [0.4, 0.5) is 0 Å². The molecule has 2 nitrogen and oxygen atoms in total. The van der Waals surface area contributed by atoms with Crippen molar-refractivity contribution in [1.82, 2.24) is 4.90 Å². The molecule has 2 rings (SSSR count). The number of nitrogens with two attached hydrogens (primary N) is 1. The molecule has 0 aromatic carbocycles. The van der Waals surface area contributed by atoms with E-state index in [-0.39, 0.29) is 0 Å². The Hall–Kier alpha value is 0.1000. The molecule has 0 spiro atoms. The maximum absolute atomic E-state index is 6.03. The Balaban J connectivity index is 2.25. The quantitative estimate of drug-likeness (QED) is 0.903. The van der Waals surface area contributed by atoms with E-state index in [0.717, 1.165) is 6.54 Å². The predicted molar refractivity (Wildman–Crippen MR) is 83.0 cm³/mol. The van der Waals surface area contributed by atoms with Gasteiger partial charge in [0.25, 0.3) is 0 Å². The second kappa shape index (κ2) is 7.04. The van der Waals surface area contributed by atoms with Gasteiger partial charge in [-0.15, -0.1) is 11.3 Å². The van der Waals surface area contributed by atoms with Gasteiger partial charge in [-0.3, -0.25) is 4.90 Å². The monoisotopic (exact) mass is 330 g/mol. The zero-order chi connectivity index (χ0) is 13.0. The summed E-state index contributed by atoms with van der Waals surface area (Å²) in [4.78, 5) is 4.13. The zero-order valence-corrected chi connectivity index (χ0v) is 13.5. The fraction of sp³-hybridized carbons (Fsp3) is 0.714. The van der Waals surface area contributed by atoms with Crippen LogP contribution in [-0.2, 0) is 0 Å². The van der Waals surface area contributed by atoms with Crippen LogP contribution in [0.5, 0.6) is 0 Å². The first-order valence-corrected chi connectivity index (χ1v) is 8.61. The third-order valence-electron chi connectivity index (χ3n) is 3.80. The van der Waals surface area contributed by atoms with Gasteiger partial charge in [0.05, 0.1) is 0 Å². The highest BCUT2D eigenvalue weighted by atomic mass is 79.9. The molecule has 1 aromatic heterocycles.